The van der Waals surface area contributed by atoms with Gasteiger partial charge in [0.15, 0.2) is 0 Å². The average molecular weight is 532 g/mol. The number of nitrogens with zero attached hydrogens (tertiary/aromatic N) is 1. The number of benzene rings is 7. The molecule has 0 unspecified atom stereocenters. The SMILES string of the molecule is c1ccc2c(c1)-c1ccccc1-c1cccc(-c3ccc4c5ccccc5c5cnccc5c4c3)c1-c1ccccc1-2. The zero-order chi connectivity index (χ0) is 27.6. The Hall–Kier alpha value is -5.53. The average Bonchev–Trinajstić information content (AvgIpc) is 3.07. The van der Waals surface area contributed by atoms with Crippen LogP contribution < -0.4 is 0 Å². The van der Waals surface area contributed by atoms with Gasteiger partial charge >= 0.3 is 0 Å². The van der Waals surface area contributed by atoms with Crippen molar-refractivity contribution in [2.45, 2.75) is 0 Å². The van der Waals surface area contributed by atoms with E-state index in [1.54, 1.807) is 0 Å². The fourth-order valence-electron chi connectivity index (χ4n) is 7.12. The van der Waals surface area contributed by atoms with Gasteiger partial charge in [-0.25, -0.2) is 0 Å². The van der Waals surface area contributed by atoms with Crippen molar-refractivity contribution in [2.24, 2.45) is 0 Å². The minimum atomic E-state index is 1.19. The number of aromatic nitrogens is 1. The Bertz CT molecular complexity index is 2320. The van der Waals surface area contributed by atoms with Crippen molar-refractivity contribution in [2.75, 3.05) is 0 Å². The molecule has 0 amide bonds. The molecule has 8 aromatic rings. The minimum absolute atomic E-state index is 1.19. The standard InChI is InChI=1S/C41H25N/c1-2-11-29-28(10-1)30-12-3-5-14-33(30)38-19-9-18-27(41(38)37-17-8-7-15-32(29)37)26-20-21-35-31-13-4-6-16-34(31)40-25-42-23-22-36(40)39(35)24-26/h1-25H. The van der Waals surface area contributed by atoms with Crippen molar-refractivity contribution < 1.29 is 0 Å². The van der Waals surface area contributed by atoms with E-state index < -0.39 is 0 Å². The van der Waals surface area contributed by atoms with Crippen LogP contribution in [-0.2, 0) is 0 Å². The van der Waals surface area contributed by atoms with Crippen molar-refractivity contribution in [1.29, 1.82) is 0 Å². The normalized spacial score (nSPS) is 11.8. The van der Waals surface area contributed by atoms with Crippen LogP contribution in [0.4, 0.5) is 0 Å². The second-order valence-corrected chi connectivity index (χ2v) is 11.1. The Morgan fingerprint density at radius 3 is 1.48 bits per heavy atom. The topological polar surface area (TPSA) is 12.9 Å². The number of fused-ring (bicyclic) bond motifs is 14. The summed E-state index contributed by atoms with van der Waals surface area (Å²) in [5.74, 6) is 0. The maximum atomic E-state index is 4.49. The molecular formula is C41H25N. The molecule has 1 heterocycles. The largest absolute Gasteiger partial charge is 0.264 e. The fourth-order valence-corrected chi connectivity index (χ4v) is 7.12. The van der Waals surface area contributed by atoms with Crippen LogP contribution in [0.15, 0.2) is 152 Å². The van der Waals surface area contributed by atoms with Crippen LogP contribution in [0.3, 0.4) is 0 Å². The van der Waals surface area contributed by atoms with Crippen molar-refractivity contribution in [3.8, 4) is 55.6 Å². The molecule has 0 atom stereocenters. The molecule has 0 radical (unpaired) electrons. The molecule has 1 aliphatic carbocycles. The number of rotatable bonds is 1. The number of hydrogen-bond acceptors (Lipinski definition) is 1. The van der Waals surface area contributed by atoms with Crippen LogP contribution in [0.2, 0.25) is 0 Å². The quantitative estimate of drug-likeness (QED) is 0.192. The maximum Gasteiger partial charge on any atom is 0.0352 e. The lowest BCUT2D eigenvalue weighted by atomic mass is 9.78. The molecule has 1 aromatic heterocycles. The molecule has 7 aromatic carbocycles. The maximum absolute atomic E-state index is 4.49. The Balaban J connectivity index is 1.40. The molecule has 9 rings (SSSR count). The predicted molar refractivity (Wildman–Crippen MR) is 177 cm³/mol. The highest BCUT2D eigenvalue weighted by Gasteiger charge is 2.24. The highest BCUT2D eigenvalue weighted by molar-refractivity contribution is 6.25. The first kappa shape index (κ1) is 23.2. The minimum Gasteiger partial charge on any atom is -0.264 e. The molecule has 1 aliphatic rings. The van der Waals surface area contributed by atoms with Crippen LogP contribution in [0, 0.1) is 0 Å². The number of pyridine rings is 1. The van der Waals surface area contributed by atoms with E-state index in [0.717, 1.165) is 0 Å². The van der Waals surface area contributed by atoms with Gasteiger partial charge in [-0.1, -0.05) is 127 Å². The van der Waals surface area contributed by atoms with E-state index in [2.05, 4.69) is 145 Å². The Kier molecular flexibility index (Phi) is 4.97. The molecule has 0 N–H and O–H groups in total. The van der Waals surface area contributed by atoms with Crippen LogP contribution in [0.25, 0.3) is 88.0 Å². The summed E-state index contributed by atoms with van der Waals surface area (Å²) in [6.45, 7) is 0. The molecule has 0 saturated heterocycles. The Labute approximate surface area is 244 Å². The van der Waals surface area contributed by atoms with Gasteiger partial charge in [-0.2, -0.15) is 0 Å². The van der Waals surface area contributed by atoms with Gasteiger partial charge < -0.3 is 0 Å². The zero-order valence-corrected chi connectivity index (χ0v) is 22.9. The first-order chi connectivity index (χ1) is 20.9. The van der Waals surface area contributed by atoms with Gasteiger partial charge in [0, 0.05) is 17.8 Å². The monoisotopic (exact) mass is 531 g/mol. The third-order valence-corrected chi connectivity index (χ3v) is 8.93. The van der Waals surface area contributed by atoms with Crippen molar-refractivity contribution in [1.82, 2.24) is 4.98 Å². The third-order valence-electron chi connectivity index (χ3n) is 8.93. The predicted octanol–water partition coefficient (Wildman–Crippen LogP) is 11.2. The molecular weight excluding hydrogens is 506 g/mol. The van der Waals surface area contributed by atoms with Gasteiger partial charge in [-0.05, 0) is 94.7 Å². The van der Waals surface area contributed by atoms with Crippen LogP contribution in [-0.4, -0.2) is 4.98 Å². The lowest BCUT2D eigenvalue weighted by molar-refractivity contribution is 1.37. The van der Waals surface area contributed by atoms with Gasteiger partial charge in [-0.15, -0.1) is 0 Å². The van der Waals surface area contributed by atoms with Crippen molar-refractivity contribution in [3.05, 3.63) is 152 Å². The number of hydrogen-bond donors (Lipinski definition) is 0. The molecule has 42 heavy (non-hydrogen) atoms. The van der Waals surface area contributed by atoms with E-state index in [1.165, 1.54) is 88.0 Å². The van der Waals surface area contributed by atoms with Crippen LogP contribution in [0.5, 0.6) is 0 Å². The summed E-state index contributed by atoms with van der Waals surface area (Å²) in [5, 5.41) is 7.46. The summed E-state index contributed by atoms with van der Waals surface area (Å²) in [6.07, 6.45) is 3.92. The second kappa shape index (κ2) is 8.99. The summed E-state index contributed by atoms with van der Waals surface area (Å²) in [7, 11) is 0. The van der Waals surface area contributed by atoms with Crippen molar-refractivity contribution in [3.63, 3.8) is 0 Å². The van der Waals surface area contributed by atoms with Gasteiger partial charge in [-0.3, -0.25) is 4.98 Å². The van der Waals surface area contributed by atoms with Gasteiger partial charge in [0.1, 0.15) is 0 Å². The molecule has 0 spiro atoms. The smallest absolute Gasteiger partial charge is 0.0352 e. The lowest BCUT2D eigenvalue weighted by Gasteiger charge is -2.25. The van der Waals surface area contributed by atoms with Gasteiger partial charge in [0.2, 0.25) is 0 Å². The summed E-state index contributed by atoms with van der Waals surface area (Å²) in [5.41, 5.74) is 12.6. The van der Waals surface area contributed by atoms with E-state index in [0.29, 0.717) is 0 Å². The third kappa shape index (κ3) is 3.28. The summed E-state index contributed by atoms with van der Waals surface area (Å²) in [4.78, 5) is 4.49. The van der Waals surface area contributed by atoms with E-state index in [4.69, 9.17) is 0 Å². The molecule has 1 heteroatoms. The van der Waals surface area contributed by atoms with E-state index in [9.17, 15) is 0 Å². The fraction of sp³-hybridized carbons (Fsp3) is 0. The Morgan fingerprint density at radius 1 is 0.310 bits per heavy atom. The first-order valence-corrected chi connectivity index (χ1v) is 14.5. The van der Waals surface area contributed by atoms with Gasteiger partial charge in [0.25, 0.3) is 0 Å². The molecule has 194 valence electrons. The second-order valence-electron chi connectivity index (χ2n) is 11.1. The zero-order valence-electron chi connectivity index (χ0n) is 22.9. The molecule has 0 saturated carbocycles. The molecule has 0 aliphatic heterocycles. The summed E-state index contributed by atoms with van der Waals surface area (Å²) in [6, 6.07) is 51.2. The van der Waals surface area contributed by atoms with E-state index >= 15 is 0 Å². The molecule has 1 nitrogen and oxygen atoms in total. The van der Waals surface area contributed by atoms with Crippen LogP contribution >= 0.6 is 0 Å². The highest BCUT2D eigenvalue weighted by atomic mass is 14.6. The Morgan fingerprint density at radius 2 is 0.786 bits per heavy atom. The molecule has 0 fully saturated rings. The highest BCUT2D eigenvalue weighted by Crippen LogP contribution is 2.50. The van der Waals surface area contributed by atoms with Gasteiger partial charge in [0.05, 0.1) is 0 Å². The van der Waals surface area contributed by atoms with Crippen molar-refractivity contribution >= 4 is 32.3 Å². The summed E-state index contributed by atoms with van der Waals surface area (Å²) >= 11 is 0. The summed E-state index contributed by atoms with van der Waals surface area (Å²) < 4.78 is 0. The van der Waals surface area contributed by atoms with E-state index in [-0.39, 0.29) is 0 Å². The first-order valence-electron chi connectivity index (χ1n) is 14.5. The van der Waals surface area contributed by atoms with E-state index in [1.807, 2.05) is 12.4 Å². The van der Waals surface area contributed by atoms with Crippen LogP contribution in [0.1, 0.15) is 0 Å². The lowest BCUT2D eigenvalue weighted by Crippen LogP contribution is -1.98. The molecule has 0 bridgehead atoms.